The lowest BCUT2D eigenvalue weighted by Gasteiger charge is -2.14. The van der Waals surface area contributed by atoms with Crippen molar-refractivity contribution in [3.05, 3.63) is 69.3 Å². The molecule has 0 saturated heterocycles. The Balaban J connectivity index is 1.70. The number of pyridine rings is 1. The van der Waals surface area contributed by atoms with Gasteiger partial charge >= 0.3 is 5.97 Å². The number of hydrogen-bond acceptors (Lipinski definition) is 7. The molecule has 0 fully saturated rings. The van der Waals surface area contributed by atoms with Gasteiger partial charge in [-0.05, 0) is 52.2 Å². The molecule has 0 saturated carbocycles. The second-order valence-corrected chi connectivity index (χ2v) is 8.75. The molecule has 35 heavy (non-hydrogen) atoms. The number of halogens is 2. The fraction of sp³-hybridized carbons (Fsp3) is 0.167. The van der Waals surface area contributed by atoms with Crippen molar-refractivity contribution in [2.45, 2.75) is 6.42 Å². The first-order valence-corrected chi connectivity index (χ1v) is 11.8. The Morgan fingerprint density at radius 3 is 2.66 bits per heavy atom. The number of allylic oxidation sites excluding steroid dienone is 1. The number of benzene rings is 2. The molecule has 3 rings (SSSR count). The summed E-state index contributed by atoms with van der Waals surface area (Å²) in [6.07, 6.45) is 5.14. The van der Waals surface area contributed by atoms with Crippen LogP contribution in [0.2, 0.25) is 0 Å². The van der Waals surface area contributed by atoms with E-state index in [2.05, 4.69) is 54.0 Å². The van der Waals surface area contributed by atoms with Gasteiger partial charge < -0.3 is 19.3 Å². The molecule has 1 aromatic heterocycles. The van der Waals surface area contributed by atoms with Crippen LogP contribution in [0.1, 0.15) is 11.1 Å². The highest BCUT2D eigenvalue weighted by atomic mass is 79.9. The molecule has 0 radical (unpaired) electrons. The number of carbonyl (C=O) groups excluding carboxylic acids is 1. The number of hydrazone groups is 1. The van der Waals surface area contributed by atoms with Crippen LogP contribution in [0.15, 0.2) is 63.2 Å². The minimum atomic E-state index is -1.11. The van der Waals surface area contributed by atoms with Crippen molar-refractivity contribution < 1.29 is 28.9 Å². The van der Waals surface area contributed by atoms with Gasteiger partial charge in [0.25, 0.3) is 5.91 Å². The summed E-state index contributed by atoms with van der Waals surface area (Å²) in [5.41, 5.74) is 4.29. The first-order valence-electron chi connectivity index (χ1n) is 10.2. The van der Waals surface area contributed by atoms with Gasteiger partial charge in [0, 0.05) is 21.6 Å². The first kappa shape index (κ1) is 26.2. The third-order valence-electron chi connectivity index (χ3n) is 4.58. The van der Waals surface area contributed by atoms with Crippen molar-refractivity contribution in [3.63, 3.8) is 0 Å². The van der Waals surface area contributed by atoms with E-state index >= 15 is 0 Å². The van der Waals surface area contributed by atoms with Gasteiger partial charge in [-0.1, -0.05) is 28.1 Å². The van der Waals surface area contributed by atoms with Crippen LogP contribution < -0.4 is 19.6 Å². The maximum absolute atomic E-state index is 12.3. The number of carboxylic acid groups (broad SMARTS) is 1. The van der Waals surface area contributed by atoms with Crippen molar-refractivity contribution in [2.75, 3.05) is 20.3 Å². The van der Waals surface area contributed by atoms with Gasteiger partial charge in [0.05, 0.1) is 17.8 Å². The molecular formula is C24H21Br2N3O6. The van der Waals surface area contributed by atoms with E-state index in [1.165, 1.54) is 13.3 Å². The van der Waals surface area contributed by atoms with E-state index in [0.717, 1.165) is 9.86 Å². The van der Waals surface area contributed by atoms with E-state index < -0.39 is 18.5 Å². The monoisotopic (exact) mass is 605 g/mol. The average molecular weight is 607 g/mol. The van der Waals surface area contributed by atoms with Gasteiger partial charge in [0.15, 0.2) is 30.5 Å². The Labute approximate surface area is 218 Å². The molecule has 0 aliphatic carbocycles. The van der Waals surface area contributed by atoms with Crippen LogP contribution in [0.5, 0.6) is 17.2 Å². The smallest absolute Gasteiger partial charge is 0.341 e. The molecule has 0 aliphatic rings. The molecule has 9 nitrogen and oxygen atoms in total. The fourth-order valence-electron chi connectivity index (χ4n) is 3.15. The standard InChI is InChI=1S/C24H21Br2N3O6/c1-3-5-15-8-14(9-19(33-2)23(15)35-13-21(31)32)11-28-29-20(30)12-34-24-18(26)10-17(25)16-6-4-7-27-22(16)24/h3-4,6-11H,1,5,12-13H2,2H3,(H,29,30)(H,31,32)/b28-11+. The van der Waals surface area contributed by atoms with Gasteiger partial charge in [-0.25, -0.2) is 10.2 Å². The summed E-state index contributed by atoms with van der Waals surface area (Å²) < 4.78 is 17.9. The highest BCUT2D eigenvalue weighted by Gasteiger charge is 2.15. The predicted octanol–water partition coefficient (Wildman–Crippen LogP) is 4.49. The second kappa shape index (κ2) is 12.3. The lowest BCUT2D eigenvalue weighted by molar-refractivity contribution is -0.139. The first-order chi connectivity index (χ1) is 16.8. The Hall–Kier alpha value is -3.44. The van der Waals surface area contributed by atoms with E-state index in [-0.39, 0.29) is 6.61 Å². The Morgan fingerprint density at radius 2 is 1.94 bits per heavy atom. The summed E-state index contributed by atoms with van der Waals surface area (Å²) in [4.78, 5) is 27.5. The lowest BCUT2D eigenvalue weighted by Crippen LogP contribution is -2.24. The van der Waals surface area contributed by atoms with E-state index in [1.807, 2.05) is 18.2 Å². The van der Waals surface area contributed by atoms with Gasteiger partial charge in [0.2, 0.25) is 0 Å². The number of hydrogen-bond donors (Lipinski definition) is 2. The molecule has 2 N–H and O–H groups in total. The van der Waals surface area contributed by atoms with Crippen molar-refractivity contribution in [3.8, 4) is 17.2 Å². The number of carboxylic acids is 1. The van der Waals surface area contributed by atoms with Crippen molar-refractivity contribution in [2.24, 2.45) is 5.10 Å². The number of nitrogens with zero attached hydrogens (tertiary/aromatic N) is 2. The quantitative estimate of drug-likeness (QED) is 0.187. The normalized spacial score (nSPS) is 10.8. The van der Waals surface area contributed by atoms with Crippen LogP contribution in [0.25, 0.3) is 10.9 Å². The number of carbonyl (C=O) groups is 2. The summed E-state index contributed by atoms with van der Waals surface area (Å²) in [5, 5.41) is 13.7. The van der Waals surface area contributed by atoms with E-state index in [1.54, 1.807) is 24.4 Å². The van der Waals surface area contributed by atoms with E-state index in [4.69, 9.17) is 19.3 Å². The topological polar surface area (TPSA) is 119 Å². The average Bonchev–Trinajstić information content (AvgIpc) is 2.83. The maximum Gasteiger partial charge on any atom is 0.341 e. The molecule has 0 spiro atoms. The maximum atomic E-state index is 12.3. The lowest BCUT2D eigenvalue weighted by atomic mass is 10.1. The van der Waals surface area contributed by atoms with E-state index in [9.17, 15) is 9.59 Å². The number of methoxy groups -OCH3 is 1. The molecule has 182 valence electrons. The zero-order valence-corrected chi connectivity index (χ0v) is 21.8. The van der Waals surface area contributed by atoms with Crippen LogP contribution in [0, 0.1) is 0 Å². The molecule has 1 heterocycles. The molecule has 0 unspecified atom stereocenters. The minimum absolute atomic E-state index is 0.281. The number of aliphatic carboxylic acids is 1. The van der Waals surface area contributed by atoms with Gasteiger partial charge in [-0.15, -0.1) is 6.58 Å². The van der Waals surface area contributed by atoms with Crippen molar-refractivity contribution in [1.29, 1.82) is 0 Å². The Bertz CT molecular complexity index is 1300. The number of amides is 1. The van der Waals surface area contributed by atoms with Crippen molar-refractivity contribution in [1.82, 2.24) is 10.4 Å². The third-order valence-corrected chi connectivity index (χ3v) is 5.82. The zero-order chi connectivity index (χ0) is 25.4. The second-order valence-electron chi connectivity index (χ2n) is 7.04. The fourth-order valence-corrected chi connectivity index (χ4v) is 4.53. The molecule has 0 aliphatic heterocycles. The minimum Gasteiger partial charge on any atom is -0.493 e. The van der Waals surface area contributed by atoms with Crippen molar-refractivity contribution >= 4 is 60.9 Å². The van der Waals surface area contributed by atoms with Crippen LogP contribution in [0.3, 0.4) is 0 Å². The number of nitrogens with one attached hydrogen (secondary N) is 1. The predicted molar refractivity (Wildman–Crippen MR) is 138 cm³/mol. The number of fused-ring (bicyclic) bond motifs is 1. The number of rotatable bonds is 11. The van der Waals surface area contributed by atoms with Gasteiger partial charge in [-0.2, -0.15) is 5.10 Å². The molecular weight excluding hydrogens is 586 g/mol. The molecule has 0 bridgehead atoms. The largest absolute Gasteiger partial charge is 0.493 e. The van der Waals surface area contributed by atoms with E-state index in [0.29, 0.717) is 44.8 Å². The summed E-state index contributed by atoms with van der Waals surface area (Å²) in [6, 6.07) is 8.89. The zero-order valence-electron chi connectivity index (χ0n) is 18.6. The summed E-state index contributed by atoms with van der Waals surface area (Å²) in [5.74, 6) is -0.490. The molecule has 1 amide bonds. The molecule has 3 aromatic rings. The number of aromatic nitrogens is 1. The SMILES string of the molecule is C=CCc1cc(/C=N/NC(=O)COc2c(Br)cc(Br)c3cccnc23)cc(OC)c1OCC(=O)O. The third kappa shape index (κ3) is 6.80. The van der Waals surface area contributed by atoms with Gasteiger partial charge in [-0.3, -0.25) is 9.78 Å². The highest BCUT2D eigenvalue weighted by molar-refractivity contribution is 9.11. The Morgan fingerprint density at radius 1 is 1.17 bits per heavy atom. The molecule has 11 heteroatoms. The van der Waals surface area contributed by atoms with Crippen LogP contribution in [-0.2, 0) is 16.0 Å². The van der Waals surface area contributed by atoms with Crippen LogP contribution >= 0.6 is 31.9 Å². The highest BCUT2D eigenvalue weighted by Crippen LogP contribution is 2.37. The van der Waals surface area contributed by atoms with Crippen LogP contribution in [-0.4, -0.2) is 48.5 Å². The Kier molecular flexibility index (Phi) is 9.21. The summed E-state index contributed by atoms with van der Waals surface area (Å²) in [7, 11) is 1.44. The summed E-state index contributed by atoms with van der Waals surface area (Å²) >= 11 is 6.93. The summed E-state index contributed by atoms with van der Waals surface area (Å²) in [6.45, 7) is 2.92. The molecule has 0 atom stereocenters. The molecule has 2 aromatic carbocycles. The van der Waals surface area contributed by atoms with Crippen LogP contribution in [0.4, 0.5) is 0 Å². The van der Waals surface area contributed by atoms with Gasteiger partial charge in [0.1, 0.15) is 5.52 Å². The number of ether oxygens (including phenoxy) is 3.